The SMILES string of the molecule is Cc1ccccc1[C@@H](C)NC(=O)[C@H](N)C(C)C. The summed E-state index contributed by atoms with van der Waals surface area (Å²) in [4.78, 5) is 11.8. The number of nitrogens with two attached hydrogens (primary N) is 1. The summed E-state index contributed by atoms with van der Waals surface area (Å²) in [5.74, 6) is 0.0647. The van der Waals surface area contributed by atoms with Crippen LogP contribution >= 0.6 is 0 Å². The maximum absolute atomic E-state index is 11.8. The van der Waals surface area contributed by atoms with Gasteiger partial charge >= 0.3 is 0 Å². The van der Waals surface area contributed by atoms with Crippen molar-refractivity contribution in [3.8, 4) is 0 Å². The van der Waals surface area contributed by atoms with Crippen molar-refractivity contribution in [2.45, 2.75) is 39.8 Å². The van der Waals surface area contributed by atoms with E-state index in [1.54, 1.807) is 0 Å². The van der Waals surface area contributed by atoms with Crippen molar-refractivity contribution in [1.29, 1.82) is 0 Å². The summed E-state index contributed by atoms with van der Waals surface area (Å²) < 4.78 is 0. The standard InChI is InChI=1S/C14H22N2O/c1-9(2)13(15)14(17)16-11(4)12-8-6-5-7-10(12)3/h5-9,11,13H,15H2,1-4H3,(H,16,17)/t11-,13-/m1/s1. The highest BCUT2D eigenvalue weighted by Crippen LogP contribution is 2.16. The van der Waals surface area contributed by atoms with Gasteiger partial charge in [-0.05, 0) is 30.9 Å². The molecule has 1 amide bonds. The van der Waals surface area contributed by atoms with E-state index >= 15 is 0 Å². The molecule has 3 nitrogen and oxygen atoms in total. The van der Waals surface area contributed by atoms with Gasteiger partial charge in [-0.1, -0.05) is 38.1 Å². The van der Waals surface area contributed by atoms with Gasteiger partial charge in [0.15, 0.2) is 0 Å². The molecular formula is C14H22N2O. The van der Waals surface area contributed by atoms with Gasteiger partial charge in [-0.15, -0.1) is 0 Å². The largest absolute Gasteiger partial charge is 0.348 e. The molecule has 94 valence electrons. The number of nitrogens with one attached hydrogen (secondary N) is 1. The van der Waals surface area contributed by atoms with Crippen molar-refractivity contribution in [2.24, 2.45) is 11.7 Å². The average molecular weight is 234 g/mol. The van der Waals surface area contributed by atoms with Crippen LogP contribution < -0.4 is 11.1 Å². The first kappa shape index (κ1) is 13.7. The fourth-order valence-corrected chi connectivity index (χ4v) is 1.76. The van der Waals surface area contributed by atoms with Crippen LogP contribution in [-0.4, -0.2) is 11.9 Å². The predicted molar refractivity (Wildman–Crippen MR) is 70.6 cm³/mol. The predicted octanol–water partition coefficient (Wildman–Crippen LogP) is 2.16. The number of hydrogen-bond acceptors (Lipinski definition) is 2. The van der Waals surface area contributed by atoms with E-state index in [4.69, 9.17) is 5.73 Å². The second-order valence-corrected chi connectivity index (χ2v) is 4.86. The minimum atomic E-state index is -0.443. The van der Waals surface area contributed by atoms with E-state index < -0.39 is 6.04 Å². The van der Waals surface area contributed by atoms with E-state index in [1.807, 2.05) is 52.0 Å². The first-order chi connectivity index (χ1) is 7.93. The summed E-state index contributed by atoms with van der Waals surface area (Å²) >= 11 is 0. The van der Waals surface area contributed by atoms with Gasteiger partial charge in [0.05, 0.1) is 12.1 Å². The van der Waals surface area contributed by atoms with Gasteiger partial charge in [-0.3, -0.25) is 4.79 Å². The first-order valence-electron chi connectivity index (χ1n) is 6.05. The third kappa shape index (κ3) is 3.56. The number of aryl methyl sites for hydroxylation is 1. The number of benzene rings is 1. The number of hydrogen-bond donors (Lipinski definition) is 2. The summed E-state index contributed by atoms with van der Waals surface area (Å²) in [6.45, 7) is 7.92. The molecule has 1 aromatic rings. The maximum Gasteiger partial charge on any atom is 0.237 e. The molecule has 0 radical (unpaired) electrons. The maximum atomic E-state index is 11.8. The lowest BCUT2D eigenvalue weighted by Crippen LogP contribution is -2.44. The zero-order valence-corrected chi connectivity index (χ0v) is 11.0. The quantitative estimate of drug-likeness (QED) is 0.838. The Hall–Kier alpha value is -1.35. The van der Waals surface area contributed by atoms with Crippen molar-refractivity contribution >= 4 is 5.91 Å². The smallest absolute Gasteiger partial charge is 0.237 e. The van der Waals surface area contributed by atoms with Gasteiger partial charge in [0.2, 0.25) is 5.91 Å². The summed E-state index contributed by atoms with van der Waals surface area (Å²) in [6, 6.07) is 7.59. The molecule has 2 atom stereocenters. The van der Waals surface area contributed by atoms with Gasteiger partial charge in [0.1, 0.15) is 0 Å². The molecule has 0 saturated carbocycles. The van der Waals surface area contributed by atoms with Gasteiger partial charge in [-0.25, -0.2) is 0 Å². The minimum Gasteiger partial charge on any atom is -0.348 e. The van der Waals surface area contributed by atoms with Crippen LogP contribution in [0, 0.1) is 12.8 Å². The van der Waals surface area contributed by atoms with E-state index in [-0.39, 0.29) is 17.9 Å². The van der Waals surface area contributed by atoms with Crippen LogP contribution in [0.1, 0.15) is 37.9 Å². The molecule has 0 saturated heterocycles. The zero-order chi connectivity index (χ0) is 13.0. The van der Waals surface area contributed by atoms with Crippen molar-refractivity contribution < 1.29 is 4.79 Å². The van der Waals surface area contributed by atoms with Crippen molar-refractivity contribution in [2.75, 3.05) is 0 Å². The van der Waals surface area contributed by atoms with Crippen LogP contribution in [0.15, 0.2) is 24.3 Å². The van der Waals surface area contributed by atoms with E-state index in [0.29, 0.717) is 0 Å². The van der Waals surface area contributed by atoms with E-state index in [1.165, 1.54) is 5.56 Å². The molecule has 3 N–H and O–H groups in total. The van der Waals surface area contributed by atoms with Gasteiger partial charge in [0, 0.05) is 0 Å². The molecule has 0 unspecified atom stereocenters. The highest BCUT2D eigenvalue weighted by atomic mass is 16.2. The van der Waals surface area contributed by atoms with Crippen LogP contribution in [0.5, 0.6) is 0 Å². The van der Waals surface area contributed by atoms with Crippen molar-refractivity contribution in [3.63, 3.8) is 0 Å². The topological polar surface area (TPSA) is 55.1 Å². The molecule has 1 rings (SSSR count). The molecule has 0 aromatic heterocycles. The Morgan fingerprint density at radius 2 is 1.82 bits per heavy atom. The molecule has 17 heavy (non-hydrogen) atoms. The highest BCUT2D eigenvalue weighted by molar-refractivity contribution is 5.82. The number of carbonyl (C=O) groups excluding carboxylic acids is 1. The molecule has 0 bridgehead atoms. The fourth-order valence-electron chi connectivity index (χ4n) is 1.76. The summed E-state index contributed by atoms with van der Waals surface area (Å²) in [5, 5.41) is 2.95. The lowest BCUT2D eigenvalue weighted by Gasteiger charge is -2.21. The number of carbonyl (C=O) groups is 1. The Balaban J connectivity index is 2.70. The monoisotopic (exact) mass is 234 g/mol. The normalized spacial score (nSPS) is 14.5. The molecule has 1 aromatic carbocycles. The Bertz CT molecular complexity index is 388. The Morgan fingerprint density at radius 1 is 1.24 bits per heavy atom. The lowest BCUT2D eigenvalue weighted by atomic mass is 10.0. The molecular weight excluding hydrogens is 212 g/mol. The number of rotatable bonds is 4. The molecule has 0 heterocycles. The van der Waals surface area contributed by atoms with Crippen molar-refractivity contribution in [3.05, 3.63) is 35.4 Å². The van der Waals surface area contributed by atoms with Gasteiger partial charge in [0.25, 0.3) is 0 Å². The van der Waals surface area contributed by atoms with Crippen LogP contribution in [-0.2, 0) is 4.79 Å². The number of amides is 1. The third-order valence-corrected chi connectivity index (χ3v) is 3.03. The molecule has 3 heteroatoms. The average Bonchev–Trinajstić information content (AvgIpc) is 2.28. The van der Waals surface area contributed by atoms with Gasteiger partial charge in [-0.2, -0.15) is 0 Å². The van der Waals surface area contributed by atoms with Crippen LogP contribution in [0.4, 0.5) is 0 Å². The lowest BCUT2D eigenvalue weighted by molar-refractivity contribution is -0.123. The van der Waals surface area contributed by atoms with Crippen LogP contribution in [0.25, 0.3) is 0 Å². The summed E-state index contributed by atoms with van der Waals surface area (Å²) in [5.41, 5.74) is 8.13. The third-order valence-electron chi connectivity index (χ3n) is 3.03. The summed E-state index contributed by atoms with van der Waals surface area (Å²) in [7, 11) is 0. The Labute approximate surface area is 103 Å². The molecule has 0 fully saturated rings. The minimum absolute atomic E-state index is 0.00602. The molecule has 0 aliphatic carbocycles. The van der Waals surface area contributed by atoms with E-state index in [0.717, 1.165) is 5.56 Å². The van der Waals surface area contributed by atoms with E-state index in [2.05, 4.69) is 5.32 Å². The zero-order valence-electron chi connectivity index (χ0n) is 11.0. The highest BCUT2D eigenvalue weighted by Gasteiger charge is 2.19. The fraction of sp³-hybridized carbons (Fsp3) is 0.500. The second kappa shape index (κ2) is 5.82. The first-order valence-corrected chi connectivity index (χ1v) is 6.05. The van der Waals surface area contributed by atoms with Crippen molar-refractivity contribution in [1.82, 2.24) is 5.32 Å². The second-order valence-electron chi connectivity index (χ2n) is 4.86. The molecule has 0 aliphatic rings. The Morgan fingerprint density at radius 3 is 2.35 bits per heavy atom. The van der Waals surface area contributed by atoms with Crippen LogP contribution in [0.2, 0.25) is 0 Å². The van der Waals surface area contributed by atoms with Crippen LogP contribution in [0.3, 0.4) is 0 Å². The molecule has 0 spiro atoms. The van der Waals surface area contributed by atoms with Gasteiger partial charge < -0.3 is 11.1 Å². The Kier molecular flexibility index (Phi) is 4.70. The molecule has 0 aliphatic heterocycles. The van der Waals surface area contributed by atoms with E-state index in [9.17, 15) is 4.79 Å². The summed E-state index contributed by atoms with van der Waals surface area (Å²) in [6.07, 6.45) is 0.